The number of hydrogen-bond donors (Lipinski definition) is 0. The maximum absolute atomic E-state index is 11.2. The Kier molecular flexibility index (Phi) is 4.41. The molecule has 4 nitrogen and oxygen atoms in total. The van der Waals surface area contributed by atoms with Crippen LogP contribution in [0.1, 0.15) is 34.0 Å². The molecule has 4 heteroatoms. The van der Waals surface area contributed by atoms with Gasteiger partial charge in [0.25, 0.3) is 0 Å². The van der Waals surface area contributed by atoms with Crippen LogP contribution in [0.4, 0.5) is 0 Å². The lowest BCUT2D eigenvalue weighted by molar-refractivity contribution is -0.139. The zero-order valence-corrected chi connectivity index (χ0v) is 9.82. The molecule has 1 aromatic carbocycles. The minimum atomic E-state index is -0.360. The van der Waals surface area contributed by atoms with E-state index in [4.69, 9.17) is 5.26 Å². The second kappa shape index (κ2) is 5.80. The molecule has 0 spiro atoms. The fourth-order valence-electron chi connectivity index (χ4n) is 1.62. The molecule has 0 saturated carbocycles. The van der Waals surface area contributed by atoms with Crippen molar-refractivity contribution in [3.63, 3.8) is 0 Å². The molecule has 0 heterocycles. The smallest absolute Gasteiger partial charge is 0.309 e. The summed E-state index contributed by atoms with van der Waals surface area (Å²) in [5.74, 6) is -0.360. The SMILES string of the molecule is CCc1cc(C#N)c(C=O)cc1CC(=O)OC. The summed E-state index contributed by atoms with van der Waals surface area (Å²) >= 11 is 0. The van der Waals surface area contributed by atoms with Crippen molar-refractivity contribution in [3.8, 4) is 6.07 Å². The zero-order valence-electron chi connectivity index (χ0n) is 9.82. The maximum atomic E-state index is 11.2. The monoisotopic (exact) mass is 231 g/mol. The van der Waals surface area contributed by atoms with Gasteiger partial charge in [-0.3, -0.25) is 9.59 Å². The molecule has 0 saturated heterocycles. The number of methoxy groups -OCH3 is 1. The predicted molar refractivity (Wildman–Crippen MR) is 61.6 cm³/mol. The van der Waals surface area contributed by atoms with Gasteiger partial charge in [0.2, 0.25) is 0 Å². The largest absolute Gasteiger partial charge is 0.469 e. The van der Waals surface area contributed by atoms with Gasteiger partial charge in [0.15, 0.2) is 6.29 Å². The van der Waals surface area contributed by atoms with Gasteiger partial charge in [0.1, 0.15) is 0 Å². The summed E-state index contributed by atoms with van der Waals surface area (Å²) in [6, 6.07) is 5.21. The minimum Gasteiger partial charge on any atom is -0.469 e. The van der Waals surface area contributed by atoms with Crippen LogP contribution in [0.3, 0.4) is 0 Å². The summed E-state index contributed by atoms with van der Waals surface area (Å²) in [7, 11) is 1.32. The van der Waals surface area contributed by atoms with Crippen LogP contribution in [0.15, 0.2) is 12.1 Å². The molecule has 1 rings (SSSR count). The number of nitriles is 1. The Balaban J connectivity index is 3.24. The Labute approximate surface area is 99.8 Å². The molecular formula is C13H13NO3. The third kappa shape index (κ3) is 2.91. The van der Waals surface area contributed by atoms with Crippen LogP contribution in [-0.4, -0.2) is 19.4 Å². The van der Waals surface area contributed by atoms with Gasteiger partial charge in [-0.2, -0.15) is 5.26 Å². The van der Waals surface area contributed by atoms with Gasteiger partial charge in [-0.15, -0.1) is 0 Å². The molecule has 0 aliphatic rings. The van der Waals surface area contributed by atoms with E-state index in [9.17, 15) is 9.59 Å². The van der Waals surface area contributed by atoms with Crippen LogP contribution in [-0.2, 0) is 22.4 Å². The number of hydrogen-bond acceptors (Lipinski definition) is 4. The predicted octanol–water partition coefficient (Wildman–Crippen LogP) is 1.65. The number of benzene rings is 1. The van der Waals surface area contributed by atoms with Gasteiger partial charge in [-0.25, -0.2) is 0 Å². The number of ether oxygens (including phenoxy) is 1. The van der Waals surface area contributed by atoms with Gasteiger partial charge < -0.3 is 4.74 Å². The molecule has 0 bridgehead atoms. The second-order valence-corrected chi connectivity index (χ2v) is 3.54. The highest BCUT2D eigenvalue weighted by molar-refractivity contribution is 5.81. The Bertz CT molecular complexity index is 486. The lowest BCUT2D eigenvalue weighted by Crippen LogP contribution is -2.08. The molecule has 0 atom stereocenters. The number of carbonyl (C=O) groups excluding carboxylic acids is 2. The molecule has 0 unspecified atom stereocenters. The van der Waals surface area contributed by atoms with E-state index < -0.39 is 0 Å². The van der Waals surface area contributed by atoms with E-state index in [1.54, 1.807) is 12.1 Å². The van der Waals surface area contributed by atoms with Crippen LogP contribution >= 0.6 is 0 Å². The summed E-state index contributed by atoms with van der Waals surface area (Å²) in [6.07, 6.45) is 1.44. The standard InChI is InChI=1S/C13H13NO3/c1-3-9-4-11(7-14)12(8-15)5-10(9)6-13(16)17-2/h4-5,8H,3,6H2,1-2H3. The van der Waals surface area contributed by atoms with E-state index >= 15 is 0 Å². The highest BCUT2D eigenvalue weighted by Gasteiger charge is 2.11. The number of aryl methyl sites for hydroxylation is 1. The lowest BCUT2D eigenvalue weighted by atomic mass is 9.96. The van der Waals surface area contributed by atoms with Crippen molar-refractivity contribution in [2.75, 3.05) is 7.11 Å². The molecule has 0 amide bonds. The van der Waals surface area contributed by atoms with Crippen LogP contribution in [0.5, 0.6) is 0 Å². The Morgan fingerprint density at radius 1 is 1.47 bits per heavy atom. The molecule has 0 aromatic heterocycles. The first-order valence-electron chi connectivity index (χ1n) is 5.24. The number of carbonyl (C=O) groups is 2. The number of nitrogens with zero attached hydrogens (tertiary/aromatic N) is 1. The zero-order chi connectivity index (χ0) is 12.8. The third-order valence-corrected chi connectivity index (χ3v) is 2.56. The maximum Gasteiger partial charge on any atom is 0.309 e. The molecule has 88 valence electrons. The van der Waals surface area contributed by atoms with Crippen LogP contribution in [0.25, 0.3) is 0 Å². The molecule has 0 aliphatic heterocycles. The van der Waals surface area contributed by atoms with E-state index in [0.29, 0.717) is 23.8 Å². The van der Waals surface area contributed by atoms with Gasteiger partial charge in [-0.05, 0) is 29.7 Å². The lowest BCUT2D eigenvalue weighted by Gasteiger charge is -2.09. The highest BCUT2D eigenvalue weighted by atomic mass is 16.5. The van der Waals surface area contributed by atoms with E-state index in [1.807, 2.05) is 13.0 Å². The summed E-state index contributed by atoms with van der Waals surface area (Å²) in [5.41, 5.74) is 2.27. The molecule has 0 fully saturated rings. The topological polar surface area (TPSA) is 67.2 Å². The third-order valence-electron chi connectivity index (χ3n) is 2.56. The minimum absolute atomic E-state index is 0.117. The van der Waals surface area contributed by atoms with Crippen molar-refractivity contribution < 1.29 is 14.3 Å². The van der Waals surface area contributed by atoms with Crippen LogP contribution in [0.2, 0.25) is 0 Å². The molecular weight excluding hydrogens is 218 g/mol. The quantitative estimate of drug-likeness (QED) is 0.583. The fraction of sp³-hybridized carbons (Fsp3) is 0.308. The van der Waals surface area contributed by atoms with Crippen molar-refractivity contribution >= 4 is 12.3 Å². The summed E-state index contributed by atoms with van der Waals surface area (Å²) in [5, 5.41) is 8.89. The van der Waals surface area contributed by atoms with Crippen LogP contribution in [0, 0.1) is 11.3 Å². The first kappa shape index (κ1) is 12.9. The summed E-state index contributed by atoms with van der Waals surface area (Å²) < 4.78 is 4.59. The Morgan fingerprint density at radius 3 is 2.65 bits per heavy atom. The van der Waals surface area contributed by atoms with Crippen molar-refractivity contribution in [3.05, 3.63) is 34.4 Å². The van der Waals surface area contributed by atoms with Crippen molar-refractivity contribution in [1.82, 2.24) is 0 Å². The fourth-order valence-corrected chi connectivity index (χ4v) is 1.62. The molecule has 1 aromatic rings. The molecule has 0 N–H and O–H groups in total. The number of rotatable bonds is 4. The molecule has 17 heavy (non-hydrogen) atoms. The summed E-state index contributed by atoms with van der Waals surface area (Å²) in [4.78, 5) is 22.1. The first-order valence-corrected chi connectivity index (χ1v) is 5.24. The van der Waals surface area contributed by atoms with E-state index in [0.717, 1.165) is 11.1 Å². The number of esters is 1. The Morgan fingerprint density at radius 2 is 2.18 bits per heavy atom. The molecule has 0 aliphatic carbocycles. The van der Waals surface area contributed by atoms with Crippen molar-refractivity contribution in [1.29, 1.82) is 5.26 Å². The van der Waals surface area contributed by atoms with E-state index in [1.165, 1.54) is 7.11 Å². The average Bonchev–Trinajstić information content (AvgIpc) is 2.37. The second-order valence-electron chi connectivity index (χ2n) is 3.54. The summed E-state index contributed by atoms with van der Waals surface area (Å²) in [6.45, 7) is 1.93. The molecule has 0 radical (unpaired) electrons. The Hall–Kier alpha value is -2.15. The van der Waals surface area contributed by atoms with Crippen molar-refractivity contribution in [2.45, 2.75) is 19.8 Å². The van der Waals surface area contributed by atoms with Crippen molar-refractivity contribution in [2.24, 2.45) is 0 Å². The van der Waals surface area contributed by atoms with Gasteiger partial charge in [0.05, 0.1) is 25.2 Å². The highest BCUT2D eigenvalue weighted by Crippen LogP contribution is 2.17. The van der Waals surface area contributed by atoms with Gasteiger partial charge in [0, 0.05) is 5.56 Å². The average molecular weight is 231 g/mol. The van der Waals surface area contributed by atoms with E-state index in [-0.39, 0.29) is 12.4 Å². The normalized spacial score (nSPS) is 9.47. The van der Waals surface area contributed by atoms with E-state index in [2.05, 4.69) is 4.74 Å². The van der Waals surface area contributed by atoms with Gasteiger partial charge in [-0.1, -0.05) is 6.92 Å². The van der Waals surface area contributed by atoms with Gasteiger partial charge >= 0.3 is 5.97 Å². The number of aldehydes is 1. The first-order chi connectivity index (χ1) is 8.15. The van der Waals surface area contributed by atoms with Crippen LogP contribution < -0.4 is 0 Å².